The van der Waals surface area contributed by atoms with Crippen molar-refractivity contribution in [2.45, 2.75) is 25.3 Å². The molecular weight excluding hydrogens is 344 g/mol. The number of sulfonamides is 1. The Kier molecular flexibility index (Phi) is 6.05. The quantitative estimate of drug-likeness (QED) is 0.756. The van der Waals surface area contributed by atoms with Crippen molar-refractivity contribution in [3.05, 3.63) is 52.9 Å². The highest BCUT2D eigenvalue weighted by Gasteiger charge is 2.14. The van der Waals surface area contributed by atoms with Crippen LogP contribution in [0.3, 0.4) is 0 Å². The van der Waals surface area contributed by atoms with E-state index in [-0.39, 0.29) is 35.4 Å². The average molecular weight is 364 g/mol. The Morgan fingerprint density at radius 2 is 1.88 bits per heavy atom. The van der Waals surface area contributed by atoms with Gasteiger partial charge in [-0.1, -0.05) is 13.8 Å². The zero-order valence-electron chi connectivity index (χ0n) is 14.0. The van der Waals surface area contributed by atoms with E-state index in [9.17, 15) is 18.0 Å². The van der Waals surface area contributed by atoms with Gasteiger partial charge in [-0.05, 0) is 30.3 Å². The second-order valence-electron chi connectivity index (χ2n) is 5.65. The molecule has 0 unspecified atom stereocenters. The first-order valence-corrected chi connectivity index (χ1v) is 9.20. The summed E-state index contributed by atoms with van der Waals surface area (Å²) in [6.07, 6.45) is 1.46. The first-order chi connectivity index (χ1) is 11.8. The van der Waals surface area contributed by atoms with Crippen molar-refractivity contribution in [1.82, 2.24) is 14.5 Å². The third-order valence-electron chi connectivity index (χ3n) is 3.36. The van der Waals surface area contributed by atoms with Crippen LogP contribution in [0, 0.1) is 5.92 Å². The van der Waals surface area contributed by atoms with Crippen LogP contribution < -0.4 is 15.6 Å². The fourth-order valence-electron chi connectivity index (χ4n) is 1.93. The average Bonchev–Trinajstić information content (AvgIpc) is 2.57. The fraction of sp³-hybridized carbons (Fsp3) is 0.312. The van der Waals surface area contributed by atoms with Gasteiger partial charge in [-0.2, -0.15) is 5.10 Å². The molecule has 0 saturated carbocycles. The molecule has 2 rings (SSSR count). The summed E-state index contributed by atoms with van der Waals surface area (Å²) in [5.74, 6) is -0.311. The molecule has 0 aliphatic rings. The predicted octanol–water partition coefficient (Wildman–Crippen LogP) is 0.816. The van der Waals surface area contributed by atoms with Gasteiger partial charge in [0.25, 0.3) is 5.56 Å². The van der Waals surface area contributed by atoms with Crippen LogP contribution in [0.5, 0.6) is 0 Å². The van der Waals surface area contributed by atoms with Crippen LogP contribution in [0.15, 0.2) is 52.3 Å². The molecule has 9 heteroatoms. The zero-order chi connectivity index (χ0) is 18.4. The van der Waals surface area contributed by atoms with Crippen LogP contribution in [0.25, 0.3) is 0 Å². The number of amides is 1. The van der Waals surface area contributed by atoms with Gasteiger partial charge in [-0.3, -0.25) is 9.59 Å². The molecule has 134 valence electrons. The van der Waals surface area contributed by atoms with E-state index in [1.165, 1.54) is 47.3 Å². The molecule has 1 amide bonds. The summed E-state index contributed by atoms with van der Waals surface area (Å²) in [5.41, 5.74) is 0.227. The number of nitrogens with zero attached hydrogens (tertiary/aromatic N) is 2. The minimum absolute atomic E-state index is 0.0328. The normalized spacial score (nSPS) is 11.5. The Morgan fingerprint density at radius 1 is 1.20 bits per heavy atom. The Labute approximate surface area is 145 Å². The van der Waals surface area contributed by atoms with Crippen LogP contribution in [0.1, 0.15) is 13.8 Å². The van der Waals surface area contributed by atoms with Crippen molar-refractivity contribution >= 4 is 21.6 Å². The molecule has 0 saturated heterocycles. The molecular formula is C16H20N4O4S. The third kappa shape index (κ3) is 5.23. The highest BCUT2D eigenvalue weighted by molar-refractivity contribution is 7.89. The summed E-state index contributed by atoms with van der Waals surface area (Å²) in [7, 11) is -3.71. The van der Waals surface area contributed by atoms with Gasteiger partial charge < -0.3 is 5.32 Å². The van der Waals surface area contributed by atoms with Crippen LogP contribution in [0.2, 0.25) is 0 Å². The maximum Gasteiger partial charge on any atom is 0.266 e. The van der Waals surface area contributed by atoms with Crippen molar-refractivity contribution in [2.75, 3.05) is 11.9 Å². The van der Waals surface area contributed by atoms with E-state index < -0.39 is 10.0 Å². The maximum atomic E-state index is 12.2. The Bertz CT molecular complexity index is 889. The highest BCUT2D eigenvalue weighted by atomic mass is 32.2. The van der Waals surface area contributed by atoms with E-state index in [1.54, 1.807) is 13.8 Å². The maximum absolute atomic E-state index is 12.2. The molecule has 0 radical (unpaired) electrons. The standard InChI is InChI=1S/C16H20N4O4S/c1-12(2)16(22)19-13-5-7-14(8-6-13)25(23,24)18-10-11-20-15(21)4-3-9-17-20/h3-9,12,18H,10-11H2,1-2H3,(H,19,22). The van der Waals surface area contributed by atoms with E-state index in [0.29, 0.717) is 5.69 Å². The van der Waals surface area contributed by atoms with Crippen molar-refractivity contribution in [3.8, 4) is 0 Å². The highest BCUT2D eigenvalue weighted by Crippen LogP contribution is 2.14. The van der Waals surface area contributed by atoms with Crippen molar-refractivity contribution in [2.24, 2.45) is 5.92 Å². The van der Waals surface area contributed by atoms with Gasteiger partial charge in [0.2, 0.25) is 15.9 Å². The molecule has 25 heavy (non-hydrogen) atoms. The number of rotatable bonds is 7. The summed E-state index contributed by atoms with van der Waals surface area (Å²) in [6.45, 7) is 3.70. The lowest BCUT2D eigenvalue weighted by atomic mass is 10.2. The van der Waals surface area contributed by atoms with Crippen LogP contribution >= 0.6 is 0 Å². The summed E-state index contributed by atoms with van der Waals surface area (Å²) < 4.78 is 28.1. The summed E-state index contributed by atoms with van der Waals surface area (Å²) in [4.78, 5) is 23.2. The Morgan fingerprint density at radius 3 is 2.48 bits per heavy atom. The van der Waals surface area contributed by atoms with Gasteiger partial charge in [-0.15, -0.1) is 0 Å². The van der Waals surface area contributed by atoms with Crippen molar-refractivity contribution < 1.29 is 13.2 Å². The monoisotopic (exact) mass is 364 g/mol. The van der Waals surface area contributed by atoms with E-state index in [4.69, 9.17) is 0 Å². The molecule has 1 aromatic carbocycles. The SMILES string of the molecule is CC(C)C(=O)Nc1ccc(S(=O)(=O)NCCn2ncccc2=O)cc1. The van der Waals surface area contributed by atoms with E-state index in [1.807, 2.05) is 0 Å². The van der Waals surface area contributed by atoms with E-state index in [2.05, 4.69) is 15.1 Å². The molecule has 0 spiro atoms. The number of hydrogen-bond acceptors (Lipinski definition) is 5. The van der Waals surface area contributed by atoms with Crippen LogP contribution in [-0.4, -0.2) is 30.7 Å². The summed E-state index contributed by atoms with van der Waals surface area (Å²) in [6, 6.07) is 8.74. The number of benzene rings is 1. The van der Waals surface area contributed by atoms with Gasteiger partial charge >= 0.3 is 0 Å². The molecule has 0 aliphatic carbocycles. The minimum Gasteiger partial charge on any atom is -0.326 e. The summed E-state index contributed by atoms with van der Waals surface area (Å²) >= 11 is 0. The van der Waals surface area contributed by atoms with Crippen molar-refractivity contribution in [3.63, 3.8) is 0 Å². The second kappa shape index (κ2) is 8.04. The first kappa shape index (κ1) is 18.8. The number of carbonyl (C=O) groups excluding carboxylic acids is 1. The Hall–Kier alpha value is -2.52. The van der Waals surface area contributed by atoms with Crippen LogP contribution in [-0.2, 0) is 21.4 Å². The lowest BCUT2D eigenvalue weighted by molar-refractivity contribution is -0.118. The van der Waals surface area contributed by atoms with E-state index in [0.717, 1.165) is 0 Å². The number of aromatic nitrogens is 2. The molecule has 1 heterocycles. The topological polar surface area (TPSA) is 110 Å². The van der Waals surface area contributed by atoms with Crippen molar-refractivity contribution in [1.29, 1.82) is 0 Å². The number of hydrogen-bond donors (Lipinski definition) is 2. The number of anilines is 1. The number of carbonyl (C=O) groups is 1. The van der Waals surface area contributed by atoms with E-state index >= 15 is 0 Å². The van der Waals surface area contributed by atoms with Gasteiger partial charge in [0.05, 0.1) is 11.4 Å². The summed E-state index contributed by atoms with van der Waals surface area (Å²) in [5, 5.41) is 6.54. The Balaban J connectivity index is 1.98. The minimum atomic E-state index is -3.71. The molecule has 1 aromatic heterocycles. The predicted molar refractivity (Wildman–Crippen MR) is 93.6 cm³/mol. The fourth-order valence-corrected chi connectivity index (χ4v) is 2.95. The van der Waals surface area contributed by atoms with Gasteiger partial charge in [0, 0.05) is 30.4 Å². The molecule has 0 aliphatic heterocycles. The first-order valence-electron chi connectivity index (χ1n) is 7.72. The molecule has 0 bridgehead atoms. The number of nitrogens with one attached hydrogen (secondary N) is 2. The van der Waals surface area contributed by atoms with Gasteiger partial charge in [-0.25, -0.2) is 17.8 Å². The zero-order valence-corrected chi connectivity index (χ0v) is 14.8. The molecule has 8 nitrogen and oxygen atoms in total. The largest absolute Gasteiger partial charge is 0.326 e. The molecule has 0 atom stereocenters. The third-order valence-corrected chi connectivity index (χ3v) is 4.83. The van der Waals surface area contributed by atoms with Gasteiger partial charge in [0.15, 0.2) is 0 Å². The van der Waals surface area contributed by atoms with Gasteiger partial charge in [0.1, 0.15) is 0 Å². The molecule has 2 N–H and O–H groups in total. The second-order valence-corrected chi connectivity index (χ2v) is 7.42. The smallest absolute Gasteiger partial charge is 0.266 e. The van der Waals surface area contributed by atoms with Crippen LogP contribution in [0.4, 0.5) is 5.69 Å². The lowest BCUT2D eigenvalue weighted by Gasteiger charge is -2.10. The lowest BCUT2D eigenvalue weighted by Crippen LogP contribution is -2.31. The molecule has 2 aromatic rings. The molecule has 0 fully saturated rings.